The number of benzene rings is 8. The first-order chi connectivity index (χ1) is 25.2. The standard InChI is InChI=1S/C47H29N3O/c1-3-11-30(12-4-1)34-20-21-36-29-38(24-22-35(36)27-34)46-48-45(32-14-5-2-6-15-32)49-47(50-46)44-39(37-23-19-31-13-7-8-16-33(31)28-37)25-26-42-43(44)40-17-9-10-18-41(40)51-42/h1-29H. The van der Waals surface area contributed by atoms with Gasteiger partial charge in [0.05, 0.1) is 0 Å². The van der Waals surface area contributed by atoms with Gasteiger partial charge in [-0.1, -0.05) is 140 Å². The summed E-state index contributed by atoms with van der Waals surface area (Å²) in [4.78, 5) is 15.6. The first-order valence-electron chi connectivity index (χ1n) is 17.1. The average Bonchev–Trinajstić information content (AvgIpc) is 3.59. The van der Waals surface area contributed by atoms with E-state index >= 15 is 0 Å². The minimum Gasteiger partial charge on any atom is -0.456 e. The number of nitrogens with zero attached hydrogens (tertiary/aromatic N) is 3. The van der Waals surface area contributed by atoms with Crippen molar-refractivity contribution >= 4 is 43.5 Å². The van der Waals surface area contributed by atoms with E-state index in [0.29, 0.717) is 17.5 Å². The van der Waals surface area contributed by atoms with Crippen LogP contribution < -0.4 is 0 Å². The van der Waals surface area contributed by atoms with Crippen LogP contribution in [0.25, 0.3) is 99.9 Å². The maximum absolute atomic E-state index is 6.42. The summed E-state index contributed by atoms with van der Waals surface area (Å²) >= 11 is 0. The maximum Gasteiger partial charge on any atom is 0.165 e. The summed E-state index contributed by atoms with van der Waals surface area (Å²) < 4.78 is 6.42. The van der Waals surface area contributed by atoms with Gasteiger partial charge in [0.2, 0.25) is 0 Å². The van der Waals surface area contributed by atoms with E-state index in [1.54, 1.807) is 0 Å². The van der Waals surface area contributed by atoms with E-state index in [2.05, 4.69) is 127 Å². The molecule has 0 saturated heterocycles. The molecule has 0 aliphatic heterocycles. The van der Waals surface area contributed by atoms with Crippen LogP contribution in [0.15, 0.2) is 180 Å². The van der Waals surface area contributed by atoms with Crippen molar-refractivity contribution in [2.24, 2.45) is 0 Å². The normalized spacial score (nSPS) is 11.5. The largest absolute Gasteiger partial charge is 0.456 e. The highest BCUT2D eigenvalue weighted by atomic mass is 16.3. The first kappa shape index (κ1) is 29.0. The number of hydrogen-bond donors (Lipinski definition) is 0. The van der Waals surface area contributed by atoms with E-state index in [9.17, 15) is 0 Å². The van der Waals surface area contributed by atoms with E-state index < -0.39 is 0 Å². The molecule has 0 saturated carbocycles. The van der Waals surface area contributed by atoms with Gasteiger partial charge >= 0.3 is 0 Å². The summed E-state index contributed by atoms with van der Waals surface area (Å²) in [7, 11) is 0. The highest BCUT2D eigenvalue weighted by Crippen LogP contribution is 2.43. The fraction of sp³-hybridized carbons (Fsp3) is 0. The molecule has 0 aliphatic rings. The molecule has 4 heteroatoms. The third-order valence-corrected chi connectivity index (χ3v) is 9.70. The van der Waals surface area contributed by atoms with Crippen LogP contribution in [0.1, 0.15) is 0 Å². The topological polar surface area (TPSA) is 51.8 Å². The molecule has 4 nitrogen and oxygen atoms in total. The molecule has 10 rings (SSSR count). The lowest BCUT2D eigenvalue weighted by Crippen LogP contribution is -2.01. The lowest BCUT2D eigenvalue weighted by atomic mass is 9.93. The van der Waals surface area contributed by atoms with Crippen molar-refractivity contribution in [2.45, 2.75) is 0 Å². The third kappa shape index (κ3) is 5.13. The van der Waals surface area contributed by atoms with Crippen molar-refractivity contribution in [3.63, 3.8) is 0 Å². The van der Waals surface area contributed by atoms with Crippen LogP contribution in [0, 0.1) is 0 Å². The minimum atomic E-state index is 0.596. The van der Waals surface area contributed by atoms with Crippen LogP contribution in [0.2, 0.25) is 0 Å². The van der Waals surface area contributed by atoms with Crippen molar-refractivity contribution in [1.82, 2.24) is 15.0 Å². The van der Waals surface area contributed by atoms with Crippen LogP contribution in [0.5, 0.6) is 0 Å². The second-order valence-corrected chi connectivity index (χ2v) is 12.8. The molecule has 10 aromatic rings. The Morgan fingerprint density at radius 1 is 0.333 bits per heavy atom. The van der Waals surface area contributed by atoms with Gasteiger partial charge in [-0.2, -0.15) is 0 Å². The average molecular weight is 652 g/mol. The molecule has 51 heavy (non-hydrogen) atoms. The molecule has 0 amide bonds. The van der Waals surface area contributed by atoms with Crippen molar-refractivity contribution in [3.8, 4) is 56.4 Å². The molecule has 0 aliphatic carbocycles. The lowest BCUT2D eigenvalue weighted by molar-refractivity contribution is 0.669. The number of furan rings is 1. The number of aromatic nitrogens is 3. The molecule has 238 valence electrons. The molecule has 2 heterocycles. The van der Waals surface area contributed by atoms with Crippen LogP contribution >= 0.6 is 0 Å². The molecule has 0 bridgehead atoms. The van der Waals surface area contributed by atoms with Gasteiger partial charge in [-0.15, -0.1) is 0 Å². The Bertz CT molecular complexity index is 2910. The van der Waals surface area contributed by atoms with E-state index in [4.69, 9.17) is 19.4 Å². The summed E-state index contributed by atoms with van der Waals surface area (Å²) in [6.07, 6.45) is 0. The molecular formula is C47H29N3O. The Morgan fingerprint density at radius 3 is 1.69 bits per heavy atom. The minimum absolute atomic E-state index is 0.596. The first-order valence-corrected chi connectivity index (χ1v) is 17.1. The van der Waals surface area contributed by atoms with Gasteiger partial charge in [0.15, 0.2) is 17.5 Å². The molecule has 0 fully saturated rings. The fourth-order valence-electron chi connectivity index (χ4n) is 7.17. The summed E-state index contributed by atoms with van der Waals surface area (Å²) in [5, 5.41) is 6.65. The van der Waals surface area contributed by atoms with Gasteiger partial charge in [0.1, 0.15) is 11.2 Å². The molecule has 0 atom stereocenters. The number of fused-ring (bicyclic) bond motifs is 5. The van der Waals surface area contributed by atoms with Gasteiger partial charge in [-0.25, -0.2) is 15.0 Å². The molecule has 0 spiro atoms. The van der Waals surface area contributed by atoms with Crippen molar-refractivity contribution in [3.05, 3.63) is 176 Å². The zero-order chi connectivity index (χ0) is 33.7. The second kappa shape index (κ2) is 11.9. The summed E-state index contributed by atoms with van der Waals surface area (Å²) in [5.41, 5.74) is 8.88. The zero-order valence-electron chi connectivity index (χ0n) is 27.5. The Balaban J connectivity index is 1.22. The van der Waals surface area contributed by atoms with Crippen LogP contribution in [-0.2, 0) is 0 Å². The zero-order valence-corrected chi connectivity index (χ0v) is 27.5. The number of para-hydroxylation sites is 1. The SMILES string of the molecule is c1ccc(-c2ccc3cc(-c4nc(-c5ccccc5)nc(-c5c(-c6ccc7ccccc7c6)ccc6oc7ccccc7c56)n4)ccc3c2)cc1. The summed E-state index contributed by atoms with van der Waals surface area (Å²) in [6.45, 7) is 0. The molecule has 8 aromatic carbocycles. The number of hydrogen-bond acceptors (Lipinski definition) is 4. The van der Waals surface area contributed by atoms with Gasteiger partial charge in [-0.05, 0) is 80.2 Å². The van der Waals surface area contributed by atoms with Crippen molar-refractivity contribution in [2.75, 3.05) is 0 Å². The Kier molecular flexibility index (Phi) is 6.78. The van der Waals surface area contributed by atoms with Crippen molar-refractivity contribution in [1.29, 1.82) is 0 Å². The fourth-order valence-corrected chi connectivity index (χ4v) is 7.17. The monoisotopic (exact) mass is 651 g/mol. The van der Waals surface area contributed by atoms with Crippen molar-refractivity contribution < 1.29 is 4.42 Å². The molecule has 0 N–H and O–H groups in total. The Labute approximate surface area is 294 Å². The van der Waals surface area contributed by atoms with Gasteiger partial charge < -0.3 is 4.42 Å². The van der Waals surface area contributed by atoms with Crippen LogP contribution in [-0.4, -0.2) is 15.0 Å². The third-order valence-electron chi connectivity index (χ3n) is 9.70. The smallest absolute Gasteiger partial charge is 0.165 e. The summed E-state index contributed by atoms with van der Waals surface area (Å²) in [5.74, 6) is 1.82. The molecule has 0 unspecified atom stereocenters. The van der Waals surface area contributed by atoms with Gasteiger partial charge in [-0.3, -0.25) is 0 Å². The van der Waals surface area contributed by atoms with E-state index in [1.165, 1.54) is 21.9 Å². The molecular weight excluding hydrogens is 623 g/mol. The predicted molar refractivity (Wildman–Crippen MR) is 209 cm³/mol. The van der Waals surface area contributed by atoms with E-state index in [-0.39, 0.29) is 0 Å². The van der Waals surface area contributed by atoms with Gasteiger partial charge in [0.25, 0.3) is 0 Å². The molecule has 2 aromatic heterocycles. The highest BCUT2D eigenvalue weighted by molar-refractivity contribution is 6.15. The van der Waals surface area contributed by atoms with Crippen LogP contribution in [0.3, 0.4) is 0 Å². The maximum atomic E-state index is 6.42. The second-order valence-electron chi connectivity index (χ2n) is 12.8. The van der Waals surface area contributed by atoms with E-state index in [1.807, 2.05) is 48.5 Å². The Morgan fingerprint density at radius 2 is 0.882 bits per heavy atom. The predicted octanol–water partition coefficient (Wildman–Crippen LogP) is 12.4. The quantitative estimate of drug-likeness (QED) is 0.186. The van der Waals surface area contributed by atoms with Gasteiger partial charge in [0, 0.05) is 27.5 Å². The summed E-state index contributed by atoms with van der Waals surface area (Å²) in [6, 6.07) is 61.1. The van der Waals surface area contributed by atoms with E-state index in [0.717, 1.165) is 60.5 Å². The Hall–Kier alpha value is -6.91. The molecule has 0 radical (unpaired) electrons. The van der Waals surface area contributed by atoms with Crippen LogP contribution in [0.4, 0.5) is 0 Å². The highest BCUT2D eigenvalue weighted by Gasteiger charge is 2.22. The number of rotatable bonds is 5. The lowest BCUT2D eigenvalue weighted by Gasteiger charge is -2.14.